The predicted molar refractivity (Wildman–Crippen MR) is 76.9 cm³/mol. The molecule has 0 aliphatic rings. The lowest BCUT2D eigenvalue weighted by atomic mass is 10.2. The van der Waals surface area contributed by atoms with Gasteiger partial charge in [0.2, 0.25) is 5.91 Å². The molecule has 0 fully saturated rings. The van der Waals surface area contributed by atoms with Crippen molar-refractivity contribution < 1.29 is 4.79 Å². The first-order valence-electron chi connectivity index (χ1n) is 5.93. The Labute approximate surface area is 112 Å². The molecule has 0 saturated carbocycles. The van der Waals surface area contributed by atoms with Gasteiger partial charge in [-0.2, -0.15) is 0 Å². The summed E-state index contributed by atoms with van der Waals surface area (Å²) in [6, 6.07) is 17.6. The fraction of sp³-hybridized carbons (Fsp3) is 0.0625. The largest absolute Gasteiger partial charge is 0.369 e. The van der Waals surface area contributed by atoms with Gasteiger partial charge in [0, 0.05) is 16.9 Å². The van der Waals surface area contributed by atoms with Crippen molar-refractivity contribution in [2.24, 2.45) is 5.73 Å². The molecule has 3 nitrogen and oxygen atoms in total. The first kappa shape index (κ1) is 12.7. The van der Waals surface area contributed by atoms with Crippen LogP contribution in [0.1, 0.15) is 12.0 Å². The monoisotopic (exact) mass is 250 g/mol. The van der Waals surface area contributed by atoms with Crippen molar-refractivity contribution in [3.8, 4) is 11.8 Å². The van der Waals surface area contributed by atoms with Gasteiger partial charge in [-0.25, -0.2) is 0 Å². The predicted octanol–water partition coefficient (Wildman–Crippen LogP) is 2.66. The number of amides is 1. The Kier molecular flexibility index (Phi) is 4.20. The number of rotatable bonds is 3. The first-order chi connectivity index (χ1) is 9.24. The van der Waals surface area contributed by atoms with Gasteiger partial charge in [-0.1, -0.05) is 30.0 Å². The van der Waals surface area contributed by atoms with Gasteiger partial charge in [0.15, 0.2) is 0 Å². The van der Waals surface area contributed by atoms with Crippen molar-refractivity contribution in [1.82, 2.24) is 0 Å². The lowest BCUT2D eigenvalue weighted by Crippen LogP contribution is -2.08. The highest BCUT2D eigenvalue weighted by atomic mass is 16.1. The molecule has 0 aliphatic heterocycles. The molecule has 0 bridgehead atoms. The quantitative estimate of drug-likeness (QED) is 0.823. The summed E-state index contributed by atoms with van der Waals surface area (Å²) in [4.78, 5) is 10.6. The van der Waals surface area contributed by atoms with Crippen LogP contribution in [-0.2, 0) is 4.79 Å². The molecular formula is C16H14N2O. The number of benzene rings is 2. The zero-order chi connectivity index (χ0) is 13.5. The second kappa shape index (κ2) is 6.27. The smallest absolute Gasteiger partial charge is 0.229 e. The van der Waals surface area contributed by atoms with Crippen LogP contribution in [0.2, 0.25) is 0 Å². The molecule has 0 aromatic heterocycles. The van der Waals surface area contributed by atoms with Gasteiger partial charge in [-0.05, 0) is 36.4 Å². The number of hydrogen-bond acceptors (Lipinski definition) is 2. The van der Waals surface area contributed by atoms with E-state index >= 15 is 0 Å². The third kappa shape index (κ3) is 4.21. The number of primary amides is 1. The summed E-state index contributed by atoms with van der Waals surface area (Å²) < 4.78 is 0. The number of hydrogen-bond donors (Lipinski definition) is 2. The summed E-state index contributed by atoms with van der Waals surface area (Å²) in [5, 5.41) is 3.28. The number of anilines is 2. The molecule has 2 aromatic carbocycles. The number of carbonyl (C=O) groups is 1. The van der Waals surface area contributed by atoms with Crippen LogP contribution in [0.3, 0.4) is 0 Å². The van der Waals surface area contributed by atoms with E-state index in [0.29, 0.717) is 0 Å². The summed E-state index contributed by atoms with van der Waals surface area (Å²) in [7, 11) is 0. The van der Waals surface area contributed by atoms with Gasteiger partial charge < -0.3 is 11.1 Å². The average Bonchev–Trinajstić information content (AvgIpc) is 2.42. The Morgan fingerprint density at radius 2 is 1.63 bits per heavy atom. The van der Waals surface area contributed by atoms with Crippen molar-refractivity contribution in [3.63, 3.8) is 0 Å². The normalized spacial score (nSPS) is 9.26. The molecule has 3 N–H and O–H groups in total. The Morgan fingerprint density at radius 3 is 2.26 bits per heavy atom. The Morgan fingerprint density at radius 1 is 1.00 bits per heavy atom. The fourth-order valence-corrected chi connectivity index (χ4v) is 1.56. The molecule has 2 aromatic rings. The second-order valence-electron chi connectivity index (χ2n) is 4.01. The van der Waals surface area contributed by atoms with Crippen molar-refractivity contribution >= 4 is 17.3 Å². The lowest BCUT2D eigenvalue weighted by molar-refractivity contribution is -0.117. The second-order valence-corrected chi connectivity index (χ2v) is 4.01. The molecule has 94 valence electrons. The van der Waals surface area contributed by atoms with Crippen LogP contribution < -0.4 is 11.1 Å². The van der Waals surface area contributed by atoms with Gasteiger partial charge in [0.25, 0.3) is 0 Å². The molecule has 0 unspecified atom stereocenters. The van der Waals surface area contributed by atoms with Gasteiger partial charge in [-0.15, -0.1) is 0 Å². The maximum absolute atomic E-state index is 10.6. The van der Waals surface area contributed by atoms with Crippen LogP contribution in [0, 0.1) is 11.8 Å². The topological polar surface area (TPSA) is 55.1 Å². The average molecular weight is 250 g/mol. The molecule has 19 heavy (non-hydrogen) atoms. The standard InChI is InChI=1S/C16H14N2O/c17-16(19)8-4-5-13-9-11-15(12-10-13)18-14-6-2-1-3-7-14/h1-3,6-7,9-12,18H,8H2,(H2,17,19). The Hall–Kier alpha value is -2.73. The lowest BCUT2D eigenvalue weighted by Gasteiger charge is -2.05. The summed E-state index contributed by atoms with van der Waals surface area (Å²) in [6.45, 7) is 0. The van der Waals surface area contributed by atoms with Gasteiger partial charge in [0.05, 0.1) is 6.42 Å². The van der Waals surface area contributed by atoms with Gasteiger partial charge in [-0.3, -0.25) is 4.79 Å². The molecule has 1 amide bonds. The van der Waals surface area contributed by atoms with E-state index in [4.69, 9.17) is 5.73 Å². The van der Waals surface area contributed by atoms with Crippen LogP contribution in [0.15, 0.2) is 54.6 Å². The molecule has 2 rings (SSSR count). The van der Waals surface area contributed by atoms with E-state index in [9.17, 15) is 4.79 Å². The van der Waals surface area contributed by atoms with E-state index in [-0.39, 0.29) is 6.42 Å². The maximum atomic E-state index is 10.6. The summed E-state index contributed by atoms with van der Waals surface area (Å²) >= 11 is 0. The summed E-state index contributed by atoms with van der Waals surface area (Å²) in [5.74, 6) is 5.21. The minimum atomic E-state index is -0.408. The van der Waals surface area contributed by atoms with Crippen molar-refractivity contribution in [2.45, 2.75) is 6.42 Å². The molecule has 0 spiro atoms. The third-order valence-electron chi connectivity index (χ3n) is 2.44. The molecule has 0 heterocycles. The van der Waals surface area contributed by atoms with E-state index in [0.717, 1.165) is 16.9 Å². The first-order valence-corrected chi connectivity index (χ1v) is 5.93. The zero-order valence-corrected chi connectivity index (χ0v) is 10.4. The molecule has 0 aliphatic carbocycles. The van der Waals surface area contributed by atoms with Gasteiger partial charge in [0.1, 0.15) is 0 Å². The summed E-state index contributed by atoms with van der Waals surface area (Å²) in [6.07, 6.45) is 0.0873. The van der Waals surface area contributed by atoms with E-state index < -0.39 is 5.91 Å². The molecule has 0 saturated heterocycles. The van der Waals surface area contributed by atoms with E-state index in [1.807, 2.05) is 54.6 Å². The van der Waals surface area contributed by atoms with Crippen LogP contribution >= 0.6 is 0 Å². The van der Waals surface area contributed by atoms with Crippen molar-refractivity contribution in [1.29, 1.82) is 0 Å². The number of nitrogens with one attached hydrogen (secondary N) is 1. The molecular weight excluding hydrogens is 236 g/mol. The maximum Gasteiger partial charge on any atom is 0.229 e. The number of para-hydroxylation sites is 1. The minimum absolute atomic E-state index is 0.0873. The highest BCUT2D eigenvalue weighted by Gasteiger charge is 1.94. The minimum Gasteiger partial charge on any atom is -0.369 e. The van der Waals surface area contributed by atoms with Gasteiger partial charge >= 0.3 is 0 Å². The van der Waals surface area contributed by atoms with E-state index in [2.05, 4.69) is 17.2 Å². The third-order valence-corrected chi connectivity index (χ3v) is 2.44. The Bertz CT molecular complexity index is 607. The molecule has 0 radical (unpaired) electrons. The van der Waals surface area contributed by atoms with Crippen LogP contribution in [0.5, 0.6) is 0 Å². The van der Waals surface area contributed by atoms with E-state index in [1.165, 1.54) is 0 Å². The van der Waals surface area contributed by atoms with Crippen LogP contribution in [-0.4, -0.2) is 5.91 Å². The van der Waals surface area contributed by atoms with Crippen LogP contribution in [0.25, 0.3) is 0 Å². The van der Waals surface area contributed by atoms with Crippen LogP contribution in [0.4, 0.5) is 11.4 Å². The van der Waals surface area contributed by atoms with Crippen molar-refractivity contribution in [3.05, 3.63) is 60.2 Å². The molecule has 3 heteroatoms. The highest BCUT2D eigenvalue weighted by molar-refractivity contribution is 5.76. The van der Waals surface area contributed by atoms with Crippen molar-refractivity contribution in [2.75, 3.05) is 5.32 Å². The Balaban J connectivity index is 2.02. The number of carbonyl (C=O) groups excluding carboxylic acids is 1. The summed E-state index contributed by atoms with van der Waals surface area (Å²) in [5.41, 5.74) is 7.91. The van der Waals surface area contributed by atoms with E-state index in [1.54, 1.807) is 0 Å². The number of nitrogens with two attached hydrogens (primary N) is 1. The SMILES string of the molecule is NC(=O)CC#Cc1ccc(Nc2ccccc2)cc1. The highest BCUT2D eigenvalue weighted by Crippen LogP contribution is 2.16. The molecule has 0 atom stereocenters. The fourth-order valence-electron chi connectivity index (χ4n) is 1.56. The zero-order valence-electron chi connectivity index (χ0n) is 10.4.